The van der Waals surface area contributed by atoms with Crippen LogP contribution in [0.15, 0.2) is 42.5 Å². The number of alkyl halides is 3. The number of aryl methyl sites for hydroxylation is 2. The van der Waals surface area contributed by atoms with Gasteiger partial charge in [0.25, 0.3) is 5.91 Å². The first-order chi connectivity index (χ1) is 15.7. The normalized spacial score (nSPS) is 21.8. The minimum Gasteiger partial charge on any atom is -0.406 e. The van der Waals surface area contributed by atoms with E-state index in [4.69, 9.17) is 0 Å². The van der Waals surface area contributed by atoms with Crippen LogP contribution in [0.1, 0.15) is 29.5 Å². The molecule has 4 amide bonds. The van der Waals surface area contributed by atoms with E-state index in [9.17, 15) is 27.6 Å². The summed E-state index contributed by atoms with van der Waals surface area (Å²) in [5, 5.41) is 2.79. The second-order valence-electron chi connectivity index (χ2n) is 8.37. The molecule has 33 heavy (non-hydrogen) atoms. The largest absolute Gasteiger partial charge is 0.573 e. The molecule has 5 rings (SSSR count). The Balaban J connectivity index is 1.36. The highest BCUT2D eigenvalue weighted by atomic mass is 19.4. The van der Waals surface area contributed by atoms with Crippen molar-refractivity contribution in [1.29, 1.82) is 0 Å². The first kappa shape index (κ1) is 21.3. The van der Waals surface area contributed by atoms with Gasteiger partial charge in [0.05, 0.1) is 0 Å². The summed E-state index contributed by atoms with van der Waals surface area (Å²) in [6.45, 7) is -0.113. The molecular formula is C23H20F3N3O4. The molecule has 3 aliphatic rings. The number of nitrogens with zero attached hydrogens (tertiary/aromatic N) is 2. The summed E-state index contributed by atoms with van der Waals surface area (Å²) < 4.78 is 41.6. The van der Waals surface area contributed by atoms with Crippen LogP contribution in [0.2, 0.25) is 0 Å². The average molecular weight is 459 g/mol. The number of urea groups is 1. The summed E-state index contributed by atoms with van der Waals surface area (Å²) in [4.78, 5) is 41.4. The van der Waals surface area contributed by atoms with Crippen LogP contribution in [-0.4, -0.2) is 42.2 Å². The van der Waals surface area contributed by atoms with Gasteiger partial charge >= 0.3 is 12.4 Å². The summed E-state index contributed by atoms with van der Waals surface area (Å²) in [7, 11) is 0. The Bertz CT molecular complexity index is 1170. The topological polar surface area (TPSA) is 79.0 Å². The van der Waals surface area contributed by atoms with Crippen LogP contribution in [0.25, 0.3) is 0 Å². The van der Waals surface area contributed by atoms with E-state index in [1.807, 2.05) is 18.2 Å². The number of imide groups is 1. The molecule has 172 valence electrons. The van der Waals surface area contributed by atoms with E-state index in [-0.39, 0.29) is 5.75 Å². The standard InChI is InChI=1S/C23H20F3N3O4/c24-23(25,26)33-16-7-8-18-15(12-16)5-3-11-28(18)19(30)13-29-20(31)22(27-21(29)32)10-9-14-4-1-2-6-17(14)22/h1-2,4,6-8,12H,3,5,9-11,13H2,(H,27,32). The zero-order valence-corrected chi connectivity index (χ0v) is 17.4. The highest BCUT2D eigenvalue weighted by molar-refractivity contribution is 6.11. The molecule has 0 bridgehead atoms. The van der Waals surface area contributed by atoms with Crippen LogP contribution in [0.5, 0.6) is 5.75 Å². The molecule has 0 aromatic heterocycles. The number of fused-ring (bicyclic) bond motifs is 3. The second kappa shape index (κ2) is 7.50. The fraction of sp³-hybridized carbons (Fsp3) is 0.348. The summed E-state index contributed by atoms with van der Waals surface area (Å²) >= 11 is 0. The Morgan fingerprint density at radius 3 is 2.67 bits per heavy atom. The Morgan fingerprint density at radius 2 is 1.88 bits per heavy atom. The number of amides is 4. The quantitative estimate of drug-likeness (QED) is 0.715. The second-order valence-corrected chi connectivity index (χ2v) is 8.37. The van der Waals surface area contributed by atoms with E-state index in [0.29, 0.717) is 43.5 Å². The zero-order valence-electron chi connectivity index (χ0n) is 17.4. The maximum Gasteiger partial charge on any atom is 0.573 e. The summed E-state index contributed by atoms with van der Waals surface area (Å²) in [6, 6.07) is 10.6. The fourth-order valence-electron chi connectivity index (χ4n) is 4.98. The smallest absolute Gasteiger partial charge is 0.406 e. The maximum absolute atomic E-state index is 13.3. The van der Waals surface area contributed by atoms with Crippen LogP contribution in [0.3, 0.4) is 0 Å². The van der Waals surface area contributed by atoms with Crippen molar-refractivity contribution in [2.45, 2.75) is 37.6 Å². The molecule has 10 heteroatoms. The third-order valence-corrected chi connectivity index (χ3v) is 6.42. The SMILES string of the molecule is O=C1NC2(CCc3ccccc32)C(=O)N1CC(=O)N1CCCc2cc(OC(F)(F)F)ccc21. The summed E-state index contributed by atoms with van der Waals surface area (Å²) in [6.07, 6.45) is -2.72. The first-order valence-electron chi connectivity index (χ1n) is 10.6. The van der Waals surface area contributed by atoms with Crippen LogP contribution in [-0.2, 0) is 28.0 Å². The highest BCUT2D eigenvalue weighted by Gasteiger charge is 2.55. The molecule has 2 aromatic rings. The third-order valence-electron chi connectivity index (χ3n) is 6.42. The van der Waals surface area contributed by atoms with E-state index in [1.165, 1.54) is 17.0 Å². The van der Waals surface area contributed by atoms with E-state index >= 15 is 0 Å². The zero-order chi connectivity index (χ0) is 23.4. The molecule has 1 aliphatic carbocycles. The first-order valence-corrected chi connectivity index (χ1v) is 10.6. The van der Waals surface area contributed by atoms with E-state index in [1.54, 1.807) is 6.07 Å². The van der Waals surface area contributed by atoms with Crippen molar-refractivity contribution in [3.63, 3.8) is 0 Å². The van der Waals surface area contributed by atoms with E-state index in [2.05, 4.69) is 10.1 Å². The predicted octanol–water partition coefficient (Wildman–Crippen LogP) is 3.26. The Labute approximate surface area is 187 Å². The van der Waals surface area contributed by atoms with Crippen molar-refractivity contribution in [3.8, 4) is 5.75 Å². The minimum atomic E-state index is -4.81. The molecule has 1 N–H and O–H groups in total. The number of rotatable bonds is 3. The molecule has 0 radical (unpaired) electrons. The van der Waals surface area contributed by atoms with Gasteiger partial charge in [0, 0.05) is 12.2 Å². The summed E-state index contributed by atoms with van der Waals surface area (Å²) in [5.74, 6) is -1.30. The van der Waals surface area contributed by atoms with Gasteiger partial charge in [-0.25, -0.2) is 4.79 Å². The van der Waals surface area contributed by atoms with Crippen molar-refractivity contribution in [1.82, 2.24) is 10.2 Å². The minimum absolute atomic E-state index is 0.336. The van der Waals surface area contributed by atoms with Gasteiger partial charge in [0.15, 0.2) is 0 Å². The molecular weight excluding hydrogens is 439 g/mol. The molecule has 0 saturated carbocycles. The van der Waals surface area contributed by atoms with Crippen molar-refractivity contribution in [2.24, 2.45) is 0 Å². The van der Waals surface area contributed by atoms with Crippen LogP contribution in [0, 0.1) is 0 Å². The monoisotopic (exact) mass is 459 g/mol. The molecule has 2 aromatic carbocycles. The number of benzene rings is 2. The Morgan fingerprint density at radius 1 is 1.09 bits per heavy atom. The van der Waals surface area contributed by atoms with Gasteiger partial charge in [-0.15, -0.1) is 13.2 Å². The van der Waals surface area contributed by atoms with Gasteiger partial charge in [-0.3, -0.25) is 14.5 Å². The van der Waals surface area contributed by atoms with Crippen molar-refractivity contribution < 1.29 is 32.3 Å². The maximum atomic E-state index is 13.3. The van der Waals surface area contributed by atoms with Gasteiger partial charge < -0.3 is 15.0 Å². The number of halogens is 3. The lowest BCUT2D eigenvalue weighted by Gasteiger charge is -2.31. The predicted molar refractivity (Wildman–Crippen MR) is 110 cm³/mol. The molecule has 1 saturated heterocycles. The molecule has 2 heterocycles. The van der Waals surface area contributed by atoms with Crippen LogP contribution in [0.4, 0.5) is 23.7 Å². The third kappa shape index (κ3) is 3.59. The van der Waals surface area contributed by atoms with Crippen LogP contribution >= 0.6 is 0 Å². The fourth-order valence-corrected chi connectivity index (χ4v) is 4.98. The van der Waals surface area contributed by atoms with Crippen molar-refractivity contribution in [2.75, 3.05) is 18.0 Å². The Hall–Kier alpha value is -3.56. The van der Waals surface area contributed by atoms with Gasteiger partial charge in [-0.05, 0) is 60.6 Å². The molecule has 7 nitrogen and oxygen atoms in total. The van der Waals surface area contributed by atoms with Crippen molar-refractivity contribution in [3.05, 3.63) is 59.2 Å². The highest BCUT2D eigenvalue weighted by Crippen LogP contribution is 2.41. The molecule has 1 unspecified atom stereocenters. The van der Waals surface area contributed by atoms with Gasteiger partial charge in [0.1, 0.15) is 17.8 Å². The lowest BCUT2D eigenvalue weighted by molar-refractivity contribution is -0.274. The van der Waals surface area contributed by atoms with Crippen molar-refractivity contribution >= 4 is 23.5 Å². The molecule has 1 atom stereocenters. The van der Waals surface area contributed by atoms with E-state index < -0.39 is 36.3 Å². The lowest BCUT2D eigenvalue weighted by atomic mass is 9.92. The van der Waals surface area contributed by atoms with Gasteiger partial charge in [-0.1, -0.05) is 24.3 Å². The summed E-state index contributed by atoms with van der Waals surface area (Å²) in [5.41, 5.74) is 1.57. The van der Waals surface area contributed by atoms with Gasteiger partial charge in [0.2, 0.25) is 5.91 Å². The average Bonchev–Trinajstić information content (AvgIpc) is 3.25. The number of ether oxygens (including phenoxy) is 1. The molecule has 2 aliphatic heterocycles. The Kier molecular flexibility index (Phi) is 4.84. The number of carbonyl (C=O) groups excluding carboxylic acids is 3. The lowest BCUT2D eigenvalue weighted by Crippen LogP contribution is -2.46. The number of hydrogen-bond donors (Lipinski definition) is 1. The van der Waals surface area contributed by atoms with E-state index in [0.717, 1.165) is 22.1 Å². The number of nitrogens with one attached hydrogen (secondary N) is 1. The number of hydrogen-bond acceptors (Lipinski definition) is 4. The van der Waals surface area contributed by atoms with Crippen LogP contribution < -0.4 is 15.0 Å². The molecule has 1 fully saturated rings. The number of carbonyl (C=O) groups is 3. The van der Waals surface area contributed by atoms with Gasteiger partial charge in [-0.2, -0.15) is 0 Å². The number of anilines is 1. The molecule has 1 spiro atoms.